The lowest BCUT2D eigenvalue weighted by atomic mass is 9.90. The molecule has 1 nitrogen and oxygen atoms in total. The van der Waals surface area contributed by atoms with Crippen LogP contribution in [0.1, 0.15) is 5.69 Å². The van der Waals surface area contributed by atoms with Crippen molar-refractivity contribution in [3.63, 3.8) is 0 Å². The van der Waals surface area contributed by atoms with Gasteiger partial charge in [0.1, 0.15) is 0 Å². The molecule has 7 rings (SSSR count). The number of nitrogens with zero attached hydrogens (tertiary/aromatic N) is 1. The van der Waals surface area contributed by atoms with Crippen LogP contribution in [0.5, 0.6) is 0 Å². The lowest BCUT2D eigenvalue weighted by molar-refractivity contribution is 1.07. The molecule has 6 aromatic carbocycles. The molecule has 0 aliphatic heterocycles. The van der Waals surface area contributed by atoms with Crippen molar-refractivity contribution in [2.24, 2.45) is 0 Å². The number of aryl methyl sites for hydroxylation is 1. The van der Waals surface area contributed by atoms with E-state index in [0.717, 1.165) is 0 Å². The van der Waals surface area contributed by atoms with Crippen molar-refractivity contribution in [1.82, 2.24) is 4.57 Å². The van der Waals surface area contributed by atoms with Gasteiger partial charge in [-0.3, -0.25) is 0 Å². The summed E-state index contributed by atoms with van der Waals surface area (Å²) in [6.45, 7) is 2.22. The predicted octanol–water partition coefficient (Wildman–Crippen LogP) is 9.07. The van der Waals surface area contributed by atoms with Gasteiger partial charge in [0.2, 0.25) is 0 Å². The fourth-order valence-corrected chi connectivity index (χ4v) is 5.58. The van der Waals surface area contributed by atoms with Gasteiger partial charge in [-0.05, 0) is 57.6 Å². The standard InChI is InChI=1S/C33H23N/c1-22-20-25-12-4-9-17-31(25)34(22)33-30-16-8-6-14-28(30)27-13-5-7-15-29(27)32(33)26-19-18-23-10-2-3-11-24(23)21-26/h2-21H,1H3. The van der Waals surface area contributed by atoms with Crippen LogP contribution in [0.2, 0.25) is 0 Å². The van der Waals surface area contributed by atoms with Gasteiger partial charge < -0.3 is 4.57 Å². The third-order valence-electron chi connectivity index (χ3n) is 7.06. The average molecular weight is 434 g/mol. The van der Waals surface area contributed by atoms with Gasteiger partial charge >= 0.3 is 0 Å². The van der Waals surface area contributed by atoms with E-state index in [4.69, 9.17) is 0 Å². The molecule has 0 fully saturated rings. The van der Waals surface area contributed by atoms with Gasteiger partial charge in [-0.25, -0.2) is 0 Å². The van der Waals surface area contributed by atoms with E-state index in [9.17, 15) is 0 Å². The maximum absolute atomic E-state index is 2.45. The topological polar surface area (TPSA) is 4.93 Å². The summed E-state index contributed by atoms with van der Waals surface area (Å²) in [5.74, 6) is 0. The summed E-state index contributed by atoms with van der Waals surface area (Å²) in [5, 5.41) is 8.92. The first-order valence-corrected chi connectivity index (χ1v) is 11.8. The fraction of sp³-hybridized carbons (Fsp3) is 0.0303. The number of fused-ring (bicyclic) bond motifs is 5. The van der Waals surface area contributed by atoms with Gasteiger partial charge in [-0.15, -0.1) is 0 Å². The highest BCUT2D eigenvalue weighted by molar-refractivity contribution is 6.19. The second-order valence-corrected chi connectivity index (χ2v) is 9.06. The fourth-order valence-electron chi connectivity index (χ4n) is 5.58. The minimum absolute atomic E-state index is 1.24. The molecular formula is C33H23N. The molecule has 0 unspecified atom stereocenters. The molecule has 7 aromatic rings. The van der Waals surface area contributed by atoms with Gasteiger partial charge in [-0.2, -0.15) is 0 Å². The normalized spacial score (nSPS) is 11.7. The Hall–Kier alpha value is -4.36. The number of para-hydroxylation sites is 1. The van der Waals surface area contributed by atoms with E-state index in [-0.39, 0.29) is 0 Å². The quantitative estimate of drug-likeness (QED) is 0.240. The van der Waals surface area contributed by atoms with Crippen LogP contribution in [0, 0.1) is 6.92 Å². The molecule has 0 saturated carbocycles. The molecule has 34 heavy (non-hydrogen) atoms. The van der Waals surface area contributed by atoms with Crippen LogP contribution in [0.4, 0.5) is 0 Å². The van der Waals surface area contributed by atoms with Crippen LogP contribution in [-0.2, 0) is 0 Å². The van der Waals surface area contributed by atoms with E-state index >= 15 is 0 Å². The summed E-state index contributed by atoms with van der Waals surface area (Å²) in [6, 6.07) is 44.2. The Bertz CT molecular complexity index is 1870. The Balaban J connectivity index is 1.73. The van der Waals surface area contributed by atoms with Crippen molar-refractivity contribution in [1.29, 1.82) is 0 Å². The van der Waals surface area contributed by atoms with Crippen LogP contribution < -0.4 is 0 Å². The van der Waals surface area contributed by atoms with Gasteiger partial charge in [0.25, 0.3) is 0 Å². The lowest BCUT2D eigenvalue weighted by Gasteiger charge is -2.21. The molecule has 1 aromatic heterocycles. The molecule has 0 aliphatic carbocycles. The van der Waals surface area contributed by atoms with Crippen LogP contribution in [0.15, 0.2) is 121 Å². The number of hydrogen-bond acceptors (Lipinski definition) is 0. The van der Waals surface area contributed by atoms with Crippen LogP contribution >= 0.6 is 0 Å². The molecule has 0 bridgehead atoms. The number of hydrogen-bond donors (Lipinski definition) is 0. The average Bonchev–Trinajstić information content (AvgIpc) is 3.23. The van der Waals surface area contributed by atoms with Gasteiger partial charge in [0, 0.05) is 22.0 Å². The highest BCUT2D eigenvalue weighted by atomic mass is 15.0. The zero-order valence-corrected chi connectivity index (χ0v) is 19.0. The highest BCUT2D eigenvalue weighted by Crippen LogP contribution is 2.43. The zero-order chi connectivity index (χ0) is 22.6. The van der Waals surface area contributed by atoms with E-state index in [1.54, 1.807) is 0 Å². The summed E-state index contributed by atoms with van der Waals surface area (Å²) >= 11 is 0. The maximum atomic E-state index is 2.45. The molecule has 0 radical (unpaired) electrons. The number of aromatic nitrogens is 1. The maximum Gasteiger partial charge on any atom is 0.0621 e. The number of rotatable bonds is 2. The van der Waals surface area contributed by atoms with Gasteiger partial charge in [0.15, 0.2) is 0 Å². The summed E-state index contributed by atoms with van der Waals surface area (Å²) in [7, 11) is 0. The molecule has 160 valence electrons. The Morgan fingerprint density at radius 1 is 0.471 bits per heavy atom. The van der Waals surface area contributed by atoms with E-state index in [0.29, 0.717) is 0 Å². The first kappa shape index (κ1) is 19.1. The van der Waals surface area contributed by atoms with Crippen molar-refractivity contribution in [2.75, 3.05) is 0 Å². The minimum Gasteiger partial charge on any atom is -0.313 e. The van der Waals surface area contributed by atoms with E-state index < -0.39 is 0 Å². The predicted molar refractivity (Wildman–Crippen MR) is 146 cm³/mol. The van der Waals surface area contributed by atoms with Gasteiger partial charge in [0.05, 0.1) is 11.2 Å². The van der Waals surface area contributed by atoms with Crippen molar-refractivity contribution in [3.05, 3.63) is 127 Å². The Morgan fingerprint density at radius 3 is 1.85 bits per heavy atom. The first-order chi connectivity index (χ1) is 16.8. The third-order valence-corrected chi connectivity index (χ3v) is 7.06. The lowest BCUT2D eigenvalue weighted by Crippen LogP contribution is -2.02. The van der Waals surface area contributed by atoms with Crippen LogP contribution in [0.3, 0.4) is 0 Å². The summed E-state index contributed by atoms with van der Waals surface area (Å²) < 4.78 is 2.45. The molecule has 0 spiro atoms. The van der Waals surface area contributed by atoms with Crippen LogP contribution in [-0.4, -0.2) is 4.57 Å². The highest BCUT2D eigenvalue weighted by Gasteiger charge is 2.20. The number of benzene rings is 6. The Morgan fingerprint density at radius 2 is 1.06 bits per heavy atom. The monoisotopic (exact) mass is 433 g/mol. The Labute approximate surface area is 198 Å². The van der Waals surface area contributed by atoms with E-state index in [1.165, 1.54) is 65.7 Å². The van der Waals surface area contributed by atoms with Crippen molar-refractivity contribution in [3.8, 4) is 16.8 Å². The molecule has 1 heterocycles. The van der Waals surface area contributed by atoms with E-state index in [2.05, 4.69) is 133 Å². The second kappa shape index (κ2) is 7.33. The van der Waals surface area contributed by atoms with Crippen molar-refractivity contribution in [2.45, 2.75) is 6.92 Å². The summed E-state index contributed by atoms with van der Waals surface area (Å²) in [4.78, 5) is 0. The molecular weight excluding hydrogens is 410 g/mol. The molecule has 0 aliphatic rings. The SMILES string of the molecule is Cc1cc2ccccc2n1-c1c(-c2ccc3ccccc3c2)c2ccccc2c2ccccc12. The minimum atomic E-state index is 1.24. The van der Waals surface area contributed by atoms with Crippen molar-refractivity contribution >= 4 is 43.2 Å². The molecule has 0 amide bonds. The second-order valence-electron chi connectivity index (χ2n) is 9.06. The van der Waals surface area contributed by atoms with Crippen LogP contribution in [0.25, 0.3) is 60.0 Å². The summed E-state index contributed by atoms with van der Waals surface area (Å²) in [5.41, 5.74) is 6.26. The van der Waals surface area contributed by atoms with Gasteiger partial charge in [-0.1, -0.05) is 103 Å². The smallest absolute Gasteiger partial charge is 0.0621 e. The Kier molecular flexibility index (Phi) is 4.13. The first-order valence-electron chi connectivity index (χ1n) is 11.8. The third kappa shape index (κ3) is 2.74. The van der Waals surface area contributed by atoms with Crippen molar-refractivity contribution < 1.29 is 0 Å². The zero-order valence-electron chi connectivity index (χ0n) is 19.0. The van der Waals surface area contributed by atoms with E-state index in [1.807, 2.05) is 0 Å². The molecule has 0 N–H and O–H groups in total. The molecule has 1 heteroatoms. The largest absolute Gasteiger partial charge is 0.313 e. The molecule has 0 saturated heterocycles. The summed E-state index contributed by atoms with van der Waals surface area (Å²) in [6.07, 6.45) is 0. The molecule has 0 atom stereocenters.